The first-order valence-corrected chi connectivity index (χ1v) is 10.6. The fourth-order valence-corrected chi connectivity index (χ4v) is 3.89. The van der Waals surface area contributed by atoms with Crippen LogP contribution in [0, 0.1) is 0 Å². The minimum atomic E-state index is -3.76. The molecule has 4 rings (SSSR count). The molecule has 1 aliphatic heterocycles. The number of sulfonamides is 1. The predicted molar refractivity (Wildman–Crippen MR) is 114 cm³/mol. The number of primary sulfonamides is 1. The highest BCUT2D eigenvalue weighted by Gasteiger charge is 2.37. The zero-order valence-corrected chi connectivity index (χ0v) is 17.2. The molecule has 0 saturated heterocycles. The van der Waals surface area contributed by atoms with E-state index in [-0.39, 0.29) is 10.8 Å². The third kappa shape index (κ3) is 3.58. The Hall–Kier alpha value is -3.50. The smallest absolute Gasteiger partial charge is 0.254 e. The molecule has 0 fully saturated rings. The van der Waals surface area contributed by atoms with Crippen LogP contribution >= 0.6 is 0 Å². The average molecular weight is 424 g/mol. The van der Waals surface area contributed by atoms with Crippen LogP contribution in [-0.4, -0.2) is 38.4 Å². The predicted octanol–water partition coefficient (Wildman–Crippen LogP) is 2.02. The number of carbonyl (C=O) groups excluding carboxylic acids is 1. The summed E-state index contributed by atoms with van der Waals surface area (Å²) in [4.78, 5) is 25.2. The molecule has 1 atom stereocenters. The summed E-state index contributed by atoms with van der Waals surface area (Å²) in [6.07, 6.45) is 1.58. The zero-order valence-electron chi connectivity index (χ0n) is 16.4. The number of carbonyl (C=O) groups is 1. The van der Waals surface area contributed by atoms with E-state index in [4.69, 9.17) is 5.14 Å². The normalized spacial score (nSPS) is 16.4. The Bertz CT molecular complexity index is 1200. The number of anilines is 4. The van der Waals surface area contributed by atoms with Gasteiger partial charge in [-0.05, 0) is 29.8 Å². The standard InChI is InChI=1S/C20H20N6O3S/c1-25-16-12-22-20(23-14-8-10-15(11-9-14)30(21,28)29)24-18(16)26(2)17(19(25)27)13-6-4-3-5-7-13/h3-12,17H,1-2H3,(H2,21,28,29)(H,22,23,24). The maximum absolute atomic E-state index is 12.9. The molecule has 1 aliphatic rings. The molecule has 1 amide bonds. The molecule has 2 heterocycles. The third-order valence-corrected chi connectivity index (χ3v) is 5.88. The van der Waals surface area contributed by atoms with Gasteiger partial charge in [-0.15, -0.1) is 0 Å². The second-order valence-electron chi connectivity index (χ2n) is 6.92. The van der Waals surface area contributed by atoms with Crippen LogP contribution in [0.4, 0.5) is 23.1 Å². The van der Waals surface area contributed by atoms with Crippen molar-refractivity contribution in [3.63, 3.8) is 0 Å². The first-order valence-electron chi connectivity index (χ1n) is 9.08. The molecule has 10 heteroatoms. The second kappa shape index (κ2) is 7.39. The minimum absolute atomic E-state index is 0.0185. The number of benzene rings is 2. The number of nitrogens with zero attached hydrogens (tertiary/aromatic N) is 4. The highest BCUT2D eigenvalue weighted by Crippen LogP contribution is 2.38. The van der Waals surface area contributed by atoms with Crippen molar-refractivity contribution in [3.8, 4) is 0 Å². The van der Waals surface area contributed by atoms with Crippen molar-refractivity contribution in [3.05, 3.63) is 66.4 Å². The van der Waals surface area contributed by atoms with E-state index >= 15 is 0 Å². The van der Waals surface area contributed by atoms with Crippen LogP contribution < -0.4 is 20.3 Å². The lowest BCUT2D eigenvalue weighted by Gasteiger charge is -2.38. The van der Waals surface area contributed by atoms with Gasteiger partial charge in [0.15, 0.2) is 5.82 Å². The lowest BCUT2D eigenvalue weighted by Crippen LogP contribution is -2.45. The van der Waals surface area contributed by atoms with Gasteiger partial charge in [-0.3, -0.25) is 4.79 Å². The van der Waals surface area contributed by atoms with E-state index < -0.39 is 16.1 Å². The van der Waals surface area contributed by atoms with Crippen LogP contribution in [0.15, 0.2) is 65.7 Å². The van der Waals surface area contributed by atoms with Crippen molar-refractivity contribution in [1.29, 1.82) is 0 Å². The highest BCUT2D eigenvalue weighted by molar-refractivity contribution is 7.89. The Morgan fingerprint density at radius 2 is 1.70 bits per heavy atom. The largest absolute Gasteiger partial charge is 0.342 e. The van der Waals surface area contributed by atoms with Crippen LogP contribution in [0.1, 0.15) is 11.6 Å². The molecule has 30 heavy (non-hydrogen) atoms. The quantitative estimate of drug-likeness (QED) is 0.657. The molecule has 1 aromatic heterocycles. The van der Waals surface area contributed by atoms with Gasteiger partial charge < -0.3 is 15.1 Å². The molecular formula is C20H20N6O3S. The summed E-state index contributed by atoms with van der Waals surface area (Å²) < 4.78 is 22.8. The maximum Gasteiger partial charge on any atom is 0.254 e. The van der Waals surface area contributed by atoms with Crippen LogP contribution in [0.3, 0.4) is 0 Å². The van der Waals surface area contributed by atoms with Gasteiger partial charge in [0.05, 0.1) is 11.1 Å². The monoisotopic (exact) mass is 424 g/mol. The zero-order chi connectivity index (χ0) is 21.5. The van der Waals surface area contributed by atoms with Gasteiger partial charge >= 0.3 is 0 Å². The number of fused-ring (bicyclic) bond motifs is 1. The summed E-state index contributed by atoms with van der Waals surface area (Å²) in [7, 11) is -0.239. The Morgan fingerprint density at radius 1 is 1.03 bits per heavy atom. The van der Waals surface area contributed by atoms with E-state index in [0.717, 1.165) is 5.56 Å². The molecule has 2 aromatic carbocycles. The molecule has 0 bridgehead atoms. The van der Waals surface area contributed by atoms with E-state index in [1.807, 2.05) is 42.3 Å². The number of amides is 1. The molecule has 3 N–H and O–H groups in total. The van der Waals surface area contributed by atoms with E-state index in [9.17, 15) is 13.2 Å². The fourth-order valence-electron chi connectivity index (χ4n) is 3.37. The number of nitrogens with two attached hydrogens (primary N) is 1. The Kier molecular flexibility index (Phi) is 4.88. The van der Waals surface area contributed by atoms with Gasteiger partial charge in [0.2, 0.25) is 16.0 Å². The number of nitrogens with one attached hydrogen (secondary N) is 1. The number of rotatable bonds is 4. The summed E-state index contributed by atoms with van der Waals surface area (Å²) in [5, 5.41) is 8.17. The first-order chi connectivity index (χ1) is 14.3. The second-order valence-corrected chi connectivity index (χ2v) is 8.48. The number of likely N-dealkylation sites (N-methyl/N-ethyl adjacent to an activating group) is 2. The molecule has 0 spiro atoms. The van der Waals surface area contributed by atoms with Crippen molar-refractivity contribution >= 4 is 39.1 Å². The van der Waals surface area contributed by atoms with Gasteiger partial charge in [-0.1, -0.05) is 30.3 Å². The summed E-state index contributed by atoms with van der Waals surface area (Å²) in [5.74, 6) is 0.849. The Labute approximate surface area is 174 Å². The molecule has 9 nitrogen and oxygen atoms in total. The van der Waals surface area contributed by atoms with Crippen LogP contribution in [0.5, 0.6) is 0 Å². The summed E-state index contributed by atoms with van der Waals surface area (Å²) in [6.45, 7) is 0. The van der Waals surface area contributed by atoms with Crippen molar-refractivity contribution in [2.24, 2.45) is 5.14 Å². The topological polar surface area (TPSA) is 122 Å². The van der Waals surface area contributed by atoms with Crippen LogP contribution in [0.25, 0.3) is 0 Å². The molecular weight excluding hydrogens is 404 g/mol. The van der Waals surface area contributed by atoms with Crippen molar-refractivity contribution in [1.82, 2.24) is 9.97 Å². The maximum atomic E-state index is 12.9. The van der Waals surface area contributed by atoms with Crippen molar-refractivity contribution in [2.45, 2.75) is 10.9 Å². The molecule has 1 unspecified atom stereocenters. The minimum Gasteiger partial charge on any atom is -0.342 e. The van der Waals surface area contributed by atoms with E-state index in [0.29, 0.717) is 23.1 Å². The van der Waals surface area contributed by atoms with Gasteiger partial charge in [-0.25, -0.2) is 18.5 Å². The highest BCUT2D eigenvalue weighted by atomic mass is 32.2. The van der Waals surface area contributed by atoms with Crippen molar-refractivity contribution in [2.75, 3.05) is 29.2 Å². The summed E-state index contributed by atoms with van der Waals surface area (Å²) in [6, 6.07) is 15.0. The molecule has 0 radical (unpaired) electrons. The Morgan fingerprint density at radius 3 is 2.33 bits per heavy atom. The van der Waals surface area contributed by atoms with E-state index in [1.165, 1.54) is 12.1 Å². The fraction of sp³-hybridized carbons (Fsp3) is 0.150. The van der Waals surface area contributed by atoms with Gasteiger partial charge in [0.25, 0.3) is 5.91 Å². The SMILES string of the molecule is CN1C(=O)C(c2ccccc2)N(C)c2nc(Nc3ccc(S(N)(=O)=O)cc3)ncc21. The molecule has 154 valence electrons. The van der Waals surface area contributed by atoms with Gasteiger partial charge in [-0.2, -0.15) is 4.98 Å². The van der Waals surface area contributed by atoms with E-state index in [1.54, 1.807) is 30.3 Å². The van der Waals surface area contributed by atoms with Crippen molar-refractivity contribution < 1.29 is 13.2 Å². The first kappa shape index (κ1) is 19.8. The van der Waals surface area contributed by atoms with E-state index in [2.05, 4.69) is 15.3 Å². The summed E-state index contributed by atoms with van der Waals surface area (Å²) >= 11 is 0. The van der Waals surface area contributed by atoms with Gasteiger partial charge in [0, 0.05) is 19.8 Å². The molecule has 0 aliphatic carbocycles. The number of hydrogen-bond acceptors (Lipinski definition) is 7. The number of aromatic nitrogens is 2. The number of hydrogen-bond donors (Lipinski definition) is 2. The lowest BCUT2D eigenvalue weighted by molar-refractivity contribution is -0.120. The Balaban J connectivity index is 1.66. The van der Waals surface area contributed by atoms with Gasteiger partial charge in [0.1, 0.15) is 11.7 Å². The molecule has 3 aromatic rings. The lowest BCUT2D eigenvalue weighted by atomic mass is 10.0. The van der Waals surface area contributed by atoms with Crippen LogP contribution in [-0.2, 0) is 14.8 Å². The average Bonchev–Trinajstić information content (AvgIpc) is 2.73. The van der Waals surface area contributed by atoms with Crippen LogP contribution in [0.2, 0.25) is 0 Å². The molecule has 0 saturated carbocycles. The summed E-state index contributed by atoms with van der Waals surface area (Å²) in [5.41, 5.74) is 2.07. The third-order valence-electron chi connectivity index (χ3n) is 4.95.